The van der Waals surface area contributed by atoms with Crippen LogP contribution >= 0.6 is 0 Å². The third-order valence-electron chi connectivity index (χ3n) is 2.64. The lowest BCUT2D eigenvalue weighted by atomic mass is 10.1. The minimum Gasteiger partial charge on any atom is -0.340 e. The molecule has 6 heteroatoms. The van der Waals surface area contributed by atoms with Crippen molar-refractivity contribution in [2.75, 3.05) is 6.54 Å². The number of rotatable bonds is 5. The van der Waals surface area contributed by atoms with Crippen molar-refractivity contribution in [1.29, 1.82) is 0 Å². The molecule has 1 aromatic heterocycles. The van der Waals surface area contributed by atoms with Crippen LogP contribution in [0, 0.1) is 11.6 Å². The van der Waals surface area contributed by atoms with Crippen molar-refractivity contribution in [1.82, 2.24) is 15.5 Å². The number of aromatic nitrogens is 2. The Hall–Kier alpha value is -1.82. The summed E-state index contributed by atoms with van der Waals surface area (Å²) in [7, 11) is 0. The molecule has 0 bridgehead atoms. The molecule has 0 radical (unpaired) electrons. The van der Waals surface area contributed by atoms with E-state index in [1.807, 2.05) is 0 Å². The Morgan fingerprint density at radius 2 is 2.22 bits per heavy atom. The zero-order chi connectivity index (χ0) is 13.0. The van der Waals surface area contributed by atoms with Gasteiger partial charge in [0.05, 0.1) is 0 Å². The summed E-state index contributed by atoms with van der Waals surface area (Å²) in [4.78, 5) is 3.87. The molecule has 0 aliphatic heterocycles. The van der Waals surface area contributed by atoms with Crippen LogP contribution in [0.4, 0.5) is 8.78 Å². The minimum absolute atomic E-state index is 0.288. The third kappa shape index (κ3) is 2.89. The highest BCUT2D eigenvalue weighted by molar-refractivity contribution is 5.21. The molecule has 1 unspecified atom stereocenters. The van der Waals surface area contributed by atoms with Gasteiger partial charge in [-0.05, 0) is 13.0 Å². The van der Waals surface area contributed by atoms with Crippen molar-refractivity contribution in [3.8, 4) is 0 Å². The second kappa shape index (κ2) is 5.68. The molecule has 0 aliphatic carbocycles. The Bertz CT molecular complexity index is 502. The maximum atomic E-state index is 13.5. The average molecular weight is 253 g/mol. The van der Waals surface area contributed by atoms with Crippen LogP contribution in [0.2, 0.25) is 0 Å². The van der Waals surface area contributed by atoms with E-state index in [4.69, 9.17) is 4.52 Å². The molecular formula is C12H13F2N3O. The van der Waals surface area contributed by atoms with E-state index in [0.29, 0.717) is 24.4 Å². The summed E-state index contributed by atoms with van der Waals surface area (Å²) in [6, 6.07) is 3.86. The van der Waals surface area contributed by atoms with Crippen molar-refractivity contribution in [2.24, 2.45) is 0 Å². The van der Waals surface area contributed by atoms with Gasteiger partial charge in [-0.3, -0.25) is 0 Å². The summed E-state index contributed by atoms with van der Waals surface area (Å²) >= 11 is 0. The van der Waals surface area contributed by atoms with Crippen LogP contribution in [0.25, 0.3) is 0 Å². The van der Waals surface area contributed by atoms with Crippen LogP contribution in [0.15, 0.2) is 29.0 Å². The molecular weight excluding hydrogens is 240 g/mol. The van der Waals surface area contributed by atoms with Crippen LogP contribution in [-0.4, -0.2) is 16.7 Å². The molecule has 96 valence electrons. The molecule has 0 amide bonds. The van der Waals surface area contributed by atoms with E-state index in [0.717, 1.165) is 6.07 Å². The van der Waals surface area contributed by atoms with Gasteiger partial charge in [0.2, 0.25) is 5.89 Å². The standard InChI is InChI=1S/C12H13F2N3O/c1-8(9-3-2-4-10(13)12(9)14)15-6-5-11-16-7-17-18-11/h2-4,7-8,15H,5-6H2,1H3. The lowest BCUT2D eigenvalue weighted by molar-refractivity contribution is 0.371. The topological polar surface area (TPSA) is 51.0 Å². The van der Waals surface area contributed by atoms with Crippen LogP contribution < -0.4 is 5.32 Å². The van der Waals surface area contributed by atoms with Gasteiger partial charge in [0, 0.05) is 24.6 Å². The lowest BCUT2D eigenvalue weighted by Gasteiger charge is -2.14. The van der Waals surface area contributed by atoms with Gasteiger partial charge in [-0.2, -0.15) is 4.98 Å². The highest BCUT2D eigenvalue weighted by Gasteiger charge is 2.13. The van der Waals surface area contributed by atoms with Crippen LogP contribution in [0.5, 0.6) is 0 Å². The van der Waals surface area contributed by atoms with Gasteiger partial charge in [-0.25, -0.2) is 8.78 Å². The molecule has 0 aliphatic rings. The van der Waals surface area contributed by atoms with Crippen molar-refractivity contribution in [3.05, 3.63) is 47.6 Å². The summed E-state index contributed by atoms with van der Waals surface area (Å²) in [6.07, 6.45) is 1.87. The van der Waals surface area contributed by atoms with Gasteiger partial charge < -0.3 is 9.84 Å². The van der Waals surface area contributed by atoms with E-state index in [9.17, 15) is 8.78 Å². The van der Waals surface area contributed by atoms with Gasteiger partial charge >= 0.3 is 0 Å². The molecule has 1 heterocycles. The lowest BCUT2D eigenvalue weighted by Crippen LogP contribution is -2.22. The van der Waals surface area contributed by atoms with E-state index in [2.05, 4.69) is 15.5 Å². The van der Waals surface area contributed by atoms with Crippen LogP contribution in [-0.2, 0) is 6.42 Å². The summed E-state index contributed by atoms with van der Waals surface area (Å²) in [6.45, 7) is 2.31. The van der Waals surface area contributed by atoms with E-state index < -0.39 is 11.6 Å². The number of nitrogens with one attached hydrogen (secondary N) is 1. The zero-order valence-electron chi connectivity index (χ0n) is 9.86. The maximum absolute atomic E-state index is 13.5. The van der Waals surface area contributed by atoms with Gasteiger partial charge in [0.25, 0.3) is 0 Å². The van der Waals surface area contributed by atoms with Crippen molar-refractivity contribution < 1.29 is 13.3 Å². The van der Waals surface area contributed by atoms with Crippen molar-refractivity contribution >= 4 is 0 Å². The normalized spacial score (nSPS) is 12.6. The number of halogens is 2. The first-order valence-corrected chi connectivity index (χ1v) is 5.61. The maximum Gasteiger partial charge on any atom is 0.227 e. The average Bonchev–Trinajstić information content (AvgIpc) is 2.85. The molecule has 1 aromatic carbocycles. The summed E-state index contributed by atoms with van der Waals surface area (Å²) in [5.74, 6) is -1.14. The third-order valence-corrected chi connectivity index (χ3v) is 2.64. The van der Waals surface area contributed by atoms with Gasteiger partial charge in [0.15, 0.2) is 18.0 Å². The molecule has 0 fully saturated rings. The van der Waals surface area contributed by atoms with E-state index in [1.54, 1.807) is 13.0 Å². The Balaban J connectivity index is 1.91. The summed E-state index contributed by atoms with van der Waals surface area (Å²) < 4.78 is 31.4. The summed E-state index contributed by atoms with van der Waals surface area (Å²) in [5, 5.41) is 6.55. The monoisotopic (exact) mass is 253 g/mol. The van der Waals surface area contributed by atoms with Crippen molar-refractivity contribution in [3.63, 3.8) is 0 Å². The molecule has 2 rings (SSSR count). The Labute approximate surface area is 103 Å². The largest absolute Gasteiger partial charge is 0.340 e. The highest BCUT2D eigenvalue weighted by atomic mass is 19.2. The molecule has 0 saturated carbocycles. The van der Waals surface area contributed by atoms with E-state index in [-0.39, 0.29) is 6.04 Å². The van der Waals surface area contributed by atoms with E-state index >= 15 is 0 Å². The highest BCUT2D eigenvalue weighted by Crippen LogP contribution is 2.18. The smallest absolute Gasteiger partial charge is 0.227 e. The second-order valence-corrected chi connectivity index (χ2v) is 3.90. The SMILES string of the molecule is CC(NCCc1ncno1)c1cccc(F)c1F. The fourth-order valence-electron chi connectivity index (χ4n) is 1.67. The summed E-state index contributed by atoms with van der Waals surface area (Å²) in [5.41, 5.74) is 0.306. The molecule has 1 atom stereocenters. The van der Waals surface area contributed by atoms with Crippen LogP contribution in [0.1, 0.15) is 24.4 Å². The zero-order valence-corrected chi connectivity index (χ0v) is 9.86. The predicted octanol–water partition coefficient (Wildman–Crippen LogP) is 2.24. The Kier molecular flexibility index (Phi) is 3.99. The van der Waals surface area contributed by atoms with Crippen molar-refractivity contribution in [2.45, 2.75) is 19.4 Å². The first-order chi connectivity index (χ1) is 8.68. The molecule has 0 saturated heterocycles. The number of hydrogen-bond donors (Lipinski definition) is 1. The number of benzene rings is 1. The number of hydrogen-bond acceptors (Lipinski definition) is 4. The minimum atomic E-state index is -0.835. The second-order valence-electron chi connectivity index (χ2n) is 3.90. The fraction of sp³-hybridized carbons (Fsp3) is 0.333. The molecule has 18 heavy (non-hydrogen) atoms. The quantitative estimate of drug-likeness (QED) is 0.887. The van der Waals surface area contributed by atoms with E-state index in [1.165, 1.54) is 12.4 Å². The fourth-order valence-corrected chi connectivity index (χ4v) is 1.67. The Morgan fingerprint density at radius 1 is 1.39 bits per heavy atom. The first kappa shape index (κ1) is 12.6. The van der Waals surface area contributed by atoms with Gasteiger partial charge in [-0.15, -0.1) is 0 Å². The van der Waals surface area contributed by atoms with Crippen LogP contribution in [0.3, 0.4) is 0 Å². The Morgan fingerprint density at radius 3 is 2.94 bits per heavy atom. The molecule has 2 aromatic rings. The first-order valence-electron chi connectivity index (χ1n) is 5.61. The molecule has 0 spiro atoms. The van der Waals surface area contributed by atoms with Gasteiger partial charge in [0.1, 0.15) is 0 Å². The molecule has 4 nitrogen and oxygen atoms in total. The molecule has 1 N–H and O–H groups in total. The van der Waals surface area contributed by atoms with Gasteiger partial charge in [-0.1, -0.05) is 17.3 Å². The number of nitrogens with zero attached hydrogens (tertiary/aromatic N) is 2. The predicted molar refractivity (Wildman–Crippen MR) is 60.8 cm³/mol.